The predicted molar refractivity (Wildman–Crippen MR) is 108 cm³/mol. The Morgan fingerprint density at radius 2 is 1.96 bits per heavy atom. The first-order chi connectivity index (χ1) is 12.7. The molecular weight excluding hydrogens is 350 g/mol. The van der Waals surface area contributed by atoms with Crippen LogP contribution in [0.3, 0.4) is 0 Å². The van der Waals surface area contributed by atoms with Crippen LogP contribution in [-0.4, -0.2) is 55.4 Å². The Kier molecular flexibility index (Phi) is 9.38. The minimum atomic E-state index is -0.0788. The van der Waals surface area contributed by atoms with Gasteiger partial charge in [0.2, 0.25) is 5.91 Å². The molecule has 0 atom stereocenters. The molecule has 2 rings (SSSR count). The van der Waals surface area contributed by atoms with E-state index < -0.39 is 0 Å². The molecular formula is C19H29N3O3S. The zero-order chi connectivity index (χ0) is 18.6. The second-order valence-corrected chi connectivity index (χ2v) is 6.69. The van der Waals surface area contributed by atoms with Crippen molar-refractivity contribution in [3.05, 3.63) is 24.3 Å². The van der Waals surface area contributed by atoms with Gasteiger partial charge >= 0.3 is 0 Å². The van der Waals surface area contributed by atoms with E-state index in [9.17, 15) is 4.79 Å². The summed E-state index contributed by atoms with van der Waals surface area (Å²) in [5, 5.41) is 6.06. The van der Waals surface area contributed by atoms with Crippen LogP contribution >= 0.6 is 12.2 Å². The quantitative estimate of drug-likeness (QED) is 0.508. The fourth-order valence-corrected chi connectivity index (χ4v) is 2.84. The Bertz CT molecular complexity index is 560. The van der Waals surface area contributed by atoms with Gasteiger partial charge in [-0.1, -0.05) is 19.8 Å². The second-order valence-electron chi connectivity index (χ2n) is 6.29. The van der Waals surface area contributed by atoms with Gasteiger partial charge in [-0.3, -0.25) is 9.69 Å². The summed E-state index contributed by atoms with van der Waals surface area (Å²) in [6, 6.07) is 7.58. The maximum atomic E-state index is 12.0. The molecule has 1 fully saturated rings. The highest BCUT2D eigenvalue weighted by molar-refractivity contribution is 7.80. The van der Waals surface area contributed by atoms with E-state index in [-0.39, 0.29) is 5.91 Å². The first-order valence-electron chi connectivity index (χ1n) is 9.31. The van der Waals surface area contributed by atoms with E-state index in [0.717, 1.165) is 57.3 Å². The fraction of sp³-hybridized carbons (Fsp3) is 0.579. The van der Waals surface area contributed by atoms with E-state index in [2.05, 4.69) is 22.5 Å². The van der Waals surface area contributed by atoms with Gasteiger partial charge in [0.05, 0.1) is 19.8 Å². The number of carbonyl (C=O) groups is 1. The van der Waals surface area contributed by atoms with Gasteiger partial charge < -0.3 is 20.1 Å². The molecule has 1 amide bonds. The average molecular weight is 380 g/mol. The van der Waals surface area contributed by atoms with Crippen molar-refractivity contribution in [3.8, 4) is 5.75 Å². The molecule has 0 unspecified atom stereocenters. The molecule has 1 aromatic rings. The van der Waals surface area contributed by atoms with E-state index in [4.69, 9.17) is 21.7 Å². The van der Waals surface area contributed by atoms with Crippen molar-refractivity contribution in [2.24, 2.45) is 0 Å². The first kappa shape index (κ1) is 20.6. The van der Waals surface area contributed by atoms with Gasteiger partial charge in [0.15, 0.2) is 5.11 Å². The smallest absolute Gasteiger partial charge is 0.227 e. The number of rotatable bonds is 9. The van der Waals surface area contributed by atoms with Gasteiger partial charge in [0, 0.05) is 31.7 Å². The average Bonchev–Trinajstić information content (AvgIpc) is 2.66. The number of amides is 1. The Morgan fingerprint density at radius 1 is 1.23 bits per heavy atom. The van der Waals surface area contributed by atoms with Gasteiger partial charge in [-0.05, 0) is 42.9 Å². The maximum absolute atomic E-state index is 12.0. The Labute approximate surface area is 161 Å². The van der Waals surface area contributed by atoms with Crippen molar-refractivity contribution in [2.45, 2.75) is 32.6 Å². The lowest BCUT2D eigenvalue weighted by atomic mass is 10.2. The van der Waals surface area contributed by atoms with Crippen LogP contribution in [-0.2, 0) is 9.53 Å². The Morgan fingerprint density at radius 3 is 2.65 bits per heavy atom. The van der Waals surface area contributed by atoms with Gasteiger partial charge in [-0.2, -0.15) is 0 Å². The number of anilines is 1. The fourth-order valence-electron chi connectivity index (χ4n) is 2.61. The number of nitrogens with one attached hydrogen (secondary N) is 2. The Hall–Kier alpha value is -1.70. The largest absolute Gasteiger partial charge is 0.494 e. The summed E-state index contributed by atoms with van der Waals surface area (Å²) < 4.78 is 11.0. The molecule has 1 saturated heterocycles. The first-order valence-corrected chi connectivity index (χ1v) is 9.72. The van der Waals surface area contributed by atoms with Crippen LogP contribution in [0.25, 0.3) is 0 Å². The number of nitrogens with zero attached hydrogens (tertiary/aromatic N) is 1. The summed E-state index contributed by atoms with van der Waals surface area (Å²) in [6.45, 7) is 6.86. The Balaban J connectivity index is 1.65. The molecule has 144 valence electrons. The lowest BCUT2D eigenvalue weighted by Crippen LogP contribution is -2.40. The lowest BCUT2D eigenvalue weighted by molar-refractivity contribution is -0.120. The van der Waals surface area contributed by atoms with Crippen molar-refractivity contribution in [1.29, 1.82) is 0 Å². The molecule has 1 aliphatic rings. The summed E-state index contributed by atoms with van der Waals surface area (Å²) >= 11 is 5.21. The number of hydrogen-bond acceptors (Lipinski definition) is 5. The maximum Gasteiger partial charge on any atom is 0.227 e. The van der Waals surface area contributed by atoms with Gasteiger partial charge in [0.1, 0.15) is 5.75 Å². The van der Waals surface area contributed by atoms with Crippen LogP contribution in [0, 0.1) is 0 Å². The molecule has 0 aliphatic carbocycles. The molecule has 26 heavy (non-hydrogen) atoms. The van der Waals surface area contributed by atoms with Crippen molar-refractivity contribution in [2.75, 3.05) is 44.8 Å². The molecule has 0 bridgehead atoms. The minimum absolute atomic E-state index is 0.0788. The van der Waals surface area contributed by atoms with Crippen molar-refractivity contribution in [3.63, 3.8) is 0 Å². The number of morpholine rings is 1. The van der Waals surface area contributed by atoms with Crippen LogP contribution < -0.4 is 15.4 Å². The molecule has 0 spiro atoms. The molecule has 6 nitrogen and oxygen atoms in total. The highest BCUT2D eigenvalue weighted by Crippen LogP contribution is 2.16. The number of thiocarbonyl (C=S) groups is 1. The minimum Gasteiger partial charge on any atom is -0.494 e. The zero-order valence-corrected chi connectivity index (χ0v) is 16.3. The summed E-state index contributed by atoms with van der Waals surface area (Å²) in [5.74, 6) is 0.761. The molecule has 1 aliphatic heterocycles. The van der Waals surface area contributed by atoms with Crippen LogP contribution in [0.2, 0.25) is 0 Å². The molecule has 0 saturated carbocycles. The summed E-state index contributed by atoms with van der Waals surface area (Å²) in [4.78, 5) is 14.2. The summed E-state index contributed by atoms with van der Waals surface area (Å²) in [7, 11) is 0. The molecule has 1 aromatic carbocycles. The van der Waals surface area contributed by atoms with Crippen LogP contribution in [0.1, 0.15) is 32.6 Å². The van der Waals surface area contributed by atoms with Gasteiger partial charge in [0.25, 0.3) is 0 Å². The molecule has 0 radical (unpaired) electrons. The number of hydrogen-bond donors (Lipinski definition) is 2. The summed E-state index contributed by atoms with van der Waals surface area (Å²) in [6.07, 6.45) is 3.85. The molecule has 7 heteroatoms. The van der Waals surface area contributed by atoms with Crippen molar-refractivity contribution >= 4 is 28.9 Å². The standard InChI is InChI=1S/C19H29N3O3S/c1-2-3-4-13-25-17-7-5-16(6-8-17)20-19(26)21-18(23)9-10-22-11-14-24-15-12-22/h5-8H,2-4,9-15H2,1H3,(H2,20,21,23,26). The zero-order valence-electron chi connectivity index (χ0n) is 15.5. The van der Waals surface area contributed by atoms with Crippen molar-refractivity contribution in [1.82, 2.24) is 10.2 Å². The van der Waals surface area contributed by atoms with Gasteiger partial charge in [-0.25, -0.2) is 0 Å². The topological polar surface area (TPSA) is 62.8 Å². The number of benzene rings is 1. The SMILES string of the molecule is CCCCCOc1ccc(NC(=S)NC(=O)CCN2CCOCC2)cc1. The lowest BCUT2D eigenvalue weighted by Gasteiger charge is -2.26. The number of unbranched alkanes of at least 4 members (excludes halogenated alkanes) is 2. The number of carbonyl (C=O) groups excluding carboxylic acids is 1. The third-order valence-electron chi connectivity index (χ3n) is 4.14. The van der Waals surface area contributed by atoms with Crippen LogP contribution in [0.4, 0.5) is 5.69 Å². The van der Waals surface area contributed by atoms with E-state index in [1.165, 1.54) is 12.8 Å². The van der Waals surface area contributed by atoms with Crippen molar-refractivity contribution < 1.29 is 14.3 Å². The van der Waals surface area contributed by atoms with E-state index in [1.807, 2.05) is 24.3 Å². The molecule has 2 N–H and O–H groups in total. The second kappa shape index (κ2) is 11.8. The van der Waals surface area contributed by atoms with Crippen LogP contribution in [0.15, 0.2) is 24.3 Å². The van der Waals surface area contributed by atoms with Crippen LogP contribution in [0.5, 0.6) is 5.75 Å². The van der Waals surface area contributed by atoms with E-state index in [0.29, 0.717) is 11.5 Å². The van der Waals surface area contributed by atoms with E-state index in [1.54, 1.807) is 0 Å². The number of ether oxygens (including phenoxy) is 2. The van der Waals surface area contributed by atoms with Gasteiger partial charge in [-0.15, -0.1) is 0 Å². The third-order valence-corrected chi connectivity index (χ3v) is 4.34. The molecule has 1 heterocycles. The third kappa shape index (κ3) is 8.12. The highest BCUT2D eigenvalue weighted by Gasteiger charge is 2.12. The summed E-state index contributed by atoms with van der Waals surface area (Å²) in [5.41, 5.74) is 0.824. The molecule has 0 aromatic heterocycles. The monoisotopic (exact) mass is 379 g/mol. The van der Waals surface area contributed by atoms with E-state index >= 15 is 0 Å². The highest BCUT2D eigenvalue weighted by atomic mass is 32.1. The predicted octanol–water partition coefficient (Wildman–Crippen LogP) is 2.79. The normalized spacial score (nSPS) is 14.7.